The zero-order valence-electron chi connectivity index (χ0n) is 21.6. The predicted molar refractivity (Wildman–Crippen MR) is 131 cm³/mol. The van der Waals surface area contributed by atoms with Gasteiger partial charge in [0.2, 0.25) is 0 Å². The Kier molecular flexibility index (Phi) is 8.17. The van der Waals surface area contributed by atoms with Gasteiger partial charge < -0.3 is 14.8 Å². The summed E-state index contributed by atoms with van der Waals surface area (Å²) in [6.45, 7) is 14.7. The Labute approximate surface area is 203 Å². The Morgan fingerprint density at radius 1 is 1.18 bits per heavy atom. The third-order valence-corrected chi connectivity index (χ3v) is 6.21. The highest BCUT2D eigenvalue weighted by Gasteiger charge is 2.37. The maximum atomic E-state index is 12.3. The van der Waals surface area contributed by atoms with Crippen LogP contribution in [0.3, 0.4) is 0 Å². The molecule has 2 aromatic rings. The predicted octanol–water partition coefficient (Wildman–Crippen LogP) is 4.34. The number of tetrazole rings is 1. The molecule has 0 bridgehead atoms. The Balaban J connectivity index is 1.87. The highest BCUT2D eigenvalue weighted by molar-refractivity contribution is 5.68. The molecule has 0 aliphatic heterocycles. The third kappa shape index (κ3) is 6.46. The van der Waals surface area contributed by atoms with Crippen molar-refractivity contribution in [3.63, 3.8) is 0 Å². The Bertz CT molecular complexity index is 952. The van der Waals surface area contributed by atoms with E-state index in [9.17, 15) is 4.79 Å². The van der Waals surface area contributed by atoms with Gasteiger partial charge in [-0.25, -0.2) is 9.48 Å². The summed E-state index contributed by atoms with van der Waals surface area (Å²) in [5.74, 6) is 1.55. The molecule has 0 saturated heterocycles. The summed E-state index contributed by atoms with van der Waals surface area (Å²) in [4.78, 5) is 12.3. The molecule has 1 aromatic carbocycles. The van der Waals surface area contributed by atoms with E-state index >= 15 is 0 Å². The number of nitrogens with one attached hydrogen (secondary N) is 2. The van der Waals surface area contributed by atoms with E-state index in [-0.39, 0.29) is 23.7 Å². The lowest BCUT2D eigenvalue weighted by atomic mass is 9.85. The van der Waals surface area contributed by atoms with Crippen LogP contribution in [-0.2, 0) is 10.3 Å². The van der Waals surface area contributed by atoms with Crippen molar-refractivity contribution < 1.29 is 14.3 Å². The Morgan fingerprint density at radius 3 is 2.53 bits per heavy atom. The quantitative estimate of drug-likeness (QED) is 0.530. The molecular weight excluding hydrogens is 432 g/mol. The van der Waals surface area contributed by atoms with E-state index in [2.05, 4.69) is 59.9 Å². The zero-order valence-corrected chi connectivity index (χ0v) is 21.6. The lowest BCUT2D eigenvalue weighted by molar-refractivity contribution is 0.0453. The fourth-order valence-corrected chi connectivity index (χ4v) is 3.82. The van der Waals surface area contributed by atoms with Gasteiger partial charge in [0.25, 0.3) is 0 Å². The third-order valence-electron chi connectivity index (χ3n) is 6.21. The van der Waals surface area contributed by atoms with Crippen LogP contribution < -0.4 is 15.4 Å². The van der Waals surface area contributed by atoms with Crippen molar-refractivity contribution in [2.75, 3.05) is 6.61 Å². The molecule has 0 radical (unpaired) electrons. The molecule has 1 unspecified atom stereocenters. The number of rotatable bonds is 10. The molecular formula is C25H40N6O3. The number of carbonyl (C=O) groups excluding carboxylic acids is 1. The fraction of sp³-hybridized carbons (Fsp3) is 0.680. The highest BCUT2D eigenvalue weighted by Crippen LogP contribution is 2.31. The van der Waals surface area contributed by atoms with Crippen molar-refractivity contribution in [1.29, 1.82) is 0 Å². The van der Waals surface area contributed by atoms with E-state index in [1.165, 1.54) is 0 Å². The summed E-state index contributed by atoms with van der Waals surface area (Å²) >= 11 is 0. The minimum absolute atomic E-state index is 0.0274. The summed E-state index contributed by atoms with van der Waals surface area (Å²) < 4.78 is 13.2. The van der Waals surface area contributed by atoms with Crippen LogP contribution >= 0.6 is 0 Å². The van der Waals surface area contributed by atoms with Crippen LogP contribution in [0.2, 0.25) is 0 Å². The van der Waals surface area contributed by atoms with E-state index in [0.29, 0.717) is 6.61 Å². The largest absolute Gasteiger partial charge is 0.494 e. The summed E-state index contributed by atoms with van der Waals surface area (Å²) in [6.07, 6.45) is 3.24. The molecule has 1 saturated carbocycles. The van der Waals surface area contributed by atoms with Gasteiger partial charge in [-0.3, -0.25) is 5.32 Å². The van der Waals surface area contributed by atoms with Crippen LogP contribution in [0.1, 0.15) is 91.6 Å². The highest BCUT2D eigenvalue weighted by atomic mass is 16.6. The van der Waals surface area contributed by atoms with Gasteiger partial charge in [0.1, 0.15) is 11.4 Å². The molecule has 1 amide bonds. The van der Waals surface area contributed by atoms with E-state index < -0.39 is 11.7 Å². The molecule has 1 fully saturated rings. The van der Waals surface area contributed by atoms with Crippen LogP contribution in [-0.4, -0.2) is 50.6 Å². The SMILES string of the molecule is CCCOc1cccc(C(N[C@@H]2CC[C@@H]2NC(=O)OC(C)(C)C)c2nnnn2C(C)(C)CC)c1. The van der Waals surface area contributed by atoms with Crippen molar-refractivity contribution in [3.8, 4) is 5.75 Å². The molecule has 9 heteroatoms. The summed E-state index contributed by atoms with van der Waals surface area (Å²) in [6, 6.07) is 7.83. The van der Waals surface area contributed by atoms with Crippen molar-refractivity contribution in [2.24, 2.45) is 0 Å². The average Bonchev–Trinajstić information content (AvgIpc) is 3.25. The molecule has 188 valence electrons. The number of ether oxygens (including phenoxy) is 2. The van der Waals surface area contributed by atoms with Crippen LogP contribution in [0.15, 0.2) is 24.3 Å². The number of alkyl carbamates (subject to hydrolysis) is 1. The molecule has 34 heavy (non-hydrogen) atoms. The van der Waals surface area contributed by atoms with Crippen LogP contribution in [0.25, 0.3) is 0 Å². The molecule has 1 aliphatic carbocycles. The topological polar surface area (TPSA) is 103 Å². The number of benzene rings is 1. The van der Waals surface area contributed by atoms with Crippen LogP contribution in [0, 0.1) is 0 Å². The standard InChI is InChI=1S/C25H40N6O3/c1-8-15-33-18-12-10-11-17(16-18)21(22-28-29-30-31(22)25(6,7)9-2)26-19-13-14-20(19)27-23(32)34-24(3,4)5/h10-12,16,19-21,26H,8-9,13-15H2,1-7H3,(H,27,32)/t19-,20+,21?/m1/s1. The normalized spacial score (nSPS) is 19.3. The second-order valence-electron chi connectivity index (χ2n) is 10.6. The minimum atomic E-state index is -0.536. The van der Waals surface area contributed by atoms with Crippen molar-refractivity contribution in [3.05, 3.63) is 35.7 Å². The van der Waals surface area contributed by atoms with E-state index in [0.717, 1.165) is 42.8 Å². The van der Waals surface area contributed by atoms with Crippen LogP contribution in [0.5, 0.6) is 5.75 Å². The monoisotopic (exact) mass is 472 g/mol. The molecule has 2 N–H and O–H groups in total. The lowest BCUT2D eigenvalue weighted by Gasteiger charge is -2.40. The first kappa shape index (κ1) is 25.9. The lowest BCUT2D eigenvalue weighted by Crippen LogP contribution is -2.58. The first-order chi connectivity index (χ1) is 16.0. The van der Waals surface area contributed by atoms with Crippen molar-refractivity contribution >= 4 is 6.09 Å². The number of carbonyl (C=O) groups is 1. The molecule has 1 aliphatic rings. The molecule has 3 atom stereocenters. The van der Waals surface area contributed by atoms with E-state index in [4.69, 9.17) is 9.47 Å². The first-order valence-corrected chi connectivity index (χ1v) is 12.3. The Morgan fingerprint density at radius 2 is 1.91 bits per heavy atom. The smallest absolute Gasteiger partial charge is 0.407 e. The molecule has 1 aromatic heterocycles. The van der Waals surface area contributed by atoms with Gasteiger partial charge in [-0.05, 0) is 88.4 Å². The first-order valence-electron chi connectivity index (χ1n) is 12.3. The average molecular weight is 473 g/mol. The second kappa shape index (κ2) is 10.7. The van der Waals surface area contributed by atoms with E-state index in [1.54, 1.807) is 0 Å². The van der Waals surface area contributed by atoms with Gasteiger partial charge >= 0.3 is 6.09 Å². The second-order valence-corrected chi connectivity index (χ2v) is 10.6. The van der Waals surface area contributed by atoms with Gasteiger partial charge in [-0.1, -0.05) is 26.0 Å². The number of nitrogens with zero attached hydrogens (tertiary/aromatic N) is 4. The van der Waals surface area contributed by atoms with Crippen LogP contribution in [0.4, 0.5) is 4.79 Å². The number of hydrogen-bond donors (Lipinski definition) is 2. The summed E-state index contributed by atoms with van der Waals surface area (Å²) in [5.41, 5.74) is 0.231. The van der Waals surface area contributed by atoms with Crippen molar-refractivity contribution in [1.82, 2.24) is 30.8 Å². The number of amides is 1. The van der Waals surface area contributed by atoms with E-state index in [1.807, 2.05) is 43.7 Å². The molecule has 9 nitrogen and oxygen atoms in total. The number of aromatic nitrogens is 4. The van der Waals surface area contributed by atoms with Crippen molar-refractivity contribution in [2.45, 2.75) is 103 Å². The molecule has 0 spiro atoms. The van der Waals surface area contributed by atoms with Gasteiger partial charge in [0.05, 0.1) is 18.2 Å². The van der Waals surface area contributed by atoms with Gasteiger partial charge in [0, 0.05) is 12.1 Å². The zero-order chi connectivity index (χ0) is 24.9. The number of hydrogen-bond acceptors (Lipinski definition) is 7. The molecule has 3 rings (SSSR count). The maximum Gasteiger partial charge on any atom is 0.407 e. The maximum absolute atomic E-state index is 12.3. The summed E-state index contributed by atoms with van der Waals surface area (Å²) in [5, 5.41) is 19.5. The molecule has 1 heterocycles. The fourth-order valence-electron chi connectivity index (χ4n) is 3.82. The van der Waals surface area contributed by atoms with Gasteiger partial charge in [-0.2, -0.15) is 0 Å². The summed E-state index contributed by atoms with van der Waals surface area (Å²) in [7, 11) is 0. The van der Waals surface area contributed by atoms with Gasteiger partial charge in [0.15, 0.2) is 5.82 Å². The Hall–Kier alpha value is -2.68. The minimum Gasteiger partial charge on any atom is -0.494 e. The van der Waals surface area contributed by atoms with Gasteiger partial charge in [-0.15, -0.1) is 5.10 Å².